The van der Waals surface area contributed by atoms with Crippen LogP contribution >= 0.6 is 11.3 Å². The molecule has 4 rings (SSSR count). The van der Waals surface area contributed by atoms with E-state index in [1.807, 2.05) is 6.07 Å². The van der Waals surface area contributed by atoms with Crippen molar-refractivity contribution in [3.63, 3.8) is 0 Å². The van der Waals surface area contributed by atoms with Gasteiger partial charge >= 0.3 is 0 Å². The number of carbonyl (C=O) groups is 1. The van der Waals surface area contributed by atoms with E-state index in [0.717, 1.165) is 28.7 Å². The summed E-state index contributed by atoms with van der Waals surface area (Å²) in [6.45, 7) is 2.96. The molecule has 150 valence electrons. The van der Waals surface area contributed by atoms with Crippen LogP contribution in [0, 0.1) is 0 Å². The van der Waals surface area contributed by atoms with Gasteiger partial charge in [-0.25, -0.2) is 4.98 Å². The molecule has 28 heavy (non-hydrogen) atoms. The zero-order chi connectivity index (χ0) is 19.7. The van der Waals surface area contributed by atoms with Gasteiger partial charge in [0.15, 0.2) is 16.6 Å². The second-order valence-electron chi connectivity index (χ2n) is 6.56. The minimum absolute atomic E-state index is 0.0619. The van der Waals surface area contributed by atoms with Crippen LogP contribution in [0.2, 0.25) is 0 Å². The van der Waals surface area contributed by atoms with E-state index in [-0.39, 0.29) is 11.8 Å². The maximum Gasteiger partial charge on any atom is 0.226 e. The van der Waals surface area contributed by atoms with Crippen LogP contribution in [-0.2, 0) is 9.53 Å². The van der Waals surface area contributed by atoms with E-state index < -0.39 is 0 Å². The maximum absolute atomic E-state index is 12.4. The van der Waals surface area contributed by atoms with Crippen molar-refractivity contribution in [3.05, 3.63) is 22.6 Å². The number of nitrogens with zero attached hydrogens (tertiary/aromatic N) is 2. The third kappa shape index (κ3) is 3.35. The number of methoxy groups -OCH3 is 3. The highest BCUT2D eigenvalue weighted by Gasteiger charge is 2.34. The summed E-state index contributed by atoms with van der Waals surface area (Å²) < 4.78 is 21.9. The Morgan fingerprint density at radius 2 is 1.79 bits per heavy atom. The molecule has 1 N–H and O–H groups in total. The first-order chi connectivity index (χ1) is 13.6. The highest BCUT2D eigenvalue weighted by atomic mass is 32.1. The number of amides is 1. The average Bonchev–Trinajstić information content (AvgIpc) is 3.16. The first kappa shape index (κ1) is 18.8. The number of carbonyl (C=O) groups excluding carboxylic acids is 1. The number of fused-ring (bicyclic) bond motifs is 1. The lowest BCUT2D eigenvalue weighted by atomic mass is 9.90. The summed E-state index contributed by atoms with van der Waals surface area (Å²) >= 11 is 1.61. The second kappa shape index (κ2) is 7.84. The van der Waals surface area contributed by atoms with E-state index in [4.69, 9.17) is 23.9 Å². The van der Waals surface area contributed by atoms with Crippen LogP contribution in [0.1, 0.15) is 22.8 Å². The van der Waals surface area contributed by atoms with Gasteiger partial charge in [0.2, 0.25) is 5.91 Å². The molecule has 1 aromatic heterocycles. The Labute approximate surface area is 167 Å². The lowest BCUT2D eigenvalue weighted by molar-refractivity contribution is -0.116. The minimum Gasteiger partial charge on any atom is -0.496 e. The third-order valence-electron chi connectivity index (χ3n) is 5.00. The molecule has 0 unspecified atom stereocenters. The predicted molar refractivity (Wildman–Crippen MR) is 106 cm³/mol. The van der Waals surface area contributed by atoms with Crippen LogP contribution in [0.5, 0.6) is 17.2 Å². The molecule has 0 spiro atoms. The Kier molecular flexibility index (Phi) is 5.27. The molecule has 2 aromatic rings. The van der Waals surface area contributed by atoms with Crippen LogP contribution in [0.25, 0.3) is 0 Å². The molecule has 8 nitrogen and oxygen atoms in total. The molecule has 0 aliphatic carbocycles. The Morgan fingerprint density at radius 3 is 2.46 bits per heavy atom. The molecule has 3 heterocycles. The standard InChI is InChI=1S/C19H23N3O5S/c1-24-13-10-15(26-3)14(25-2)8-11(13)12-9-16(23)20-18-17(12)28-19(21-18)22-4-6-27-7-5-22/h8,10,12H,4-7,9H2,1-3H3,(H,20,23)/t12-/m0/s1. The molecule has 0 saturated carbocycles. The van der Waals surface area contributed by atoms with Crippen molar-refractivity contribution in [1.82, 2.24) is 4.98 Å². The Balaban J connectivity index is 1.77. The summed E-state index contributed by atoms with van der Waals surface area (Å²) in [4.78, 5) is 20.3. The highest BCUT2D eigenvalue weighted by molar-refractivity contribution is 7.16. The fourth-order valence-corrected chi connectivity index (χ4v) is 4.76. The molecule has 1 fully saturated rings. The maximum atomic E-state index is 12.4. The van der Waals surface area contributed by atoms with E-state index in [0.29, 0.717) is 42.7 Å². The molecular weight excluding hydrogens is 382 g/mol. The summed E-state index contributed by atoms with van der Waals surface area (Å²) in [7, 11) is 4.79. The molecule has 2 aliphatic rings. The zero-order valence-electron chi connectivity index (χ0n) is 16.1. The minimum atomic E-state index is -0.161. The van der Waals surface area contributed by atoms with Crippen LogP contribution in [0.4, 0.5) is 10.9 Å². The second-order valence-corrected chi connectivity index (χ2v) is 7.57. The van der Waals surface area contributed by atoms with E-state index in [1.54, 1.807) is 38.7 Å². The van der Waals surface area contributed by atoms with E-state index in [2.05, 4.69) is 10.2 Å². The van der Waals surface area contributed by atoms with Gasteiger partial charge in [0.25, 0.3) is 0 Å². The van der Waals surface area contributed by atoms with Crippen molar-refractivity contribution in [2.24, 2.45) is 0 Å². The number of morpholine rings is 1. The van der Waals surface area contributed by atoms with Crippen molar-refractivity contribution < 1.29 is 23.7 Å². The normalized spacial score (nSPS) is 19.0. The molecule has 0 radical (unpaired) electrons. The van der Waals surface area contributed by atoms with Gasteiger partial charge in [-0.1, -0.05) is 11.3 Å². The van der Waals surface area contributed by atoms with Gasteiger partial charge in [0.1, 0.15) is 11.6 Å². The van der Waals surface area contributed by atoms with Gasteiger partial charge < -0.3 is 29.2 Å². The Bertz CT molecular complexity index is 879. The van der Waals surface area contributed by atoms with Gasteiger partial charge in [0, 0.05) is 37.1 Å². The summed E-state index contributed by atoms with van der Waals surface area (Å²) in [5.41, 5.74) is 0.883. The first-order valence-corrected chi connectivity index (χ1v) is 9.89. The fourth-order valence-electron chi connectivity index (χ4n) is 3.57. The smallest absolute Gasteiger partial charge is 0.226 e. The number of ether oxygens (including phenoxy) is 4. The van der Waals surface area contributed by atoms with E-state index in [1.165, 1.54) is 0 Å². The van der Waals surface area contributed by atoms with Crippen LogP contribution in [0.15, 0.2) is 12.1 Å². The van der Waals surface area contributed by atoms with Crippen LogP contribution < -0.4 is 24.4 Å². The zero-order valence-corrected chi connectivity index (χ0v) is 16.9. The number of anilines is 2. The molecular formula is C19H23N3O5S. The molecule has 1 saturated heterocycles. The summed E-state index contributed by atoms with van der Waals surface area (Å²) in [5.74, 6) is 2.25. The first-order valence-electron chi connectivity index (χ1n) is 9.07. The lowest BCUT2D eigenvalue weighted by Crippen LogP contribution is -2.36. The molecule has 1 aromatic carbocycles. The van der Waals surface area contributed by atoms with Crippen LogP contribution in [-0.4, -0.2) is 58.5 Å². The largest absolute Gasteiger partial charge is 0.496 e. The number of rotatable bonds is 5. The van der Waals surface area contributed by atoms with E-state index >= 15 is 0 Å². The average molecular weight is 405 g/mol. The number of hydrogen-bond acceptors (Lipinski definition) is 8. The van der Waals surface area contributed by atoms with Gasteiger partial charge in [-0.15, -0.1) is 0 Å². The van der Waals surface area contributed by atoms with Gasteiger partial charge in [0.05, 0.1) is 39.4 Å². The Hall–Kier alpha value is -2.52. The quantitative estimate of drug-likeness (QED) is 0.818. The van der Waals surface area contributed by atoms with Crippen molar-refractivity contribution >= 4 is 28.2 Å². The number of hydrogen-bond donors (Lipinski definition) is 1. The van der Waals surface area contributed by atoms with Crippen molar-refractivity contribution in [2.75, 3.05) is 57.8 Å². The SMILES string of the molecule is COc1cc(OC)c([C@@H]2CC(=O)Nc3nc(N4CCOCC4)sc32)cc1OC. The molecule has 9 heteroatoms. The Morgan fingerprint density at radius 1 is 1.11 bits per heavy atom. The molecule has 0 bridgehead atoms. The number of nitrogens with one attached hydrogen (secondary N) is 1. The predicted octanol–water partition coefficient (Wildman–Crippen LogP) is 2.48. The van der Waals surface area contributed by atoms with Gasteiger partial charge in [-0.3, -0.25) is 4.79 Å². The van der Waals surface area contributed by atoms with Crippen LogP contribution in [0.3, 0.4) is 0 Å². The summed E-state index contributed by atoms with van der Waals surface area (Å²) in [6.07, 6.45) is 0.323. The number of aromatic nitrogens is 1. The highest BCUT2D eigenvalue weighted by Crippen LogP contribution is 2.48. The van der Waals surface area contributed by atoms with Crippen molar-refractivity contribution in [2.45, 2.75) is 12.3 Å². The molecule has 1 amide bonds. The fraction of sp³-hybridized carbons (Fsp3) is 0.474. The third-order valence-corrected chi connectivity index (χ3v) is 6.23. The molecule has 1 atom stereocenters. The summed E-state index contributed by atoms with van der Waals surface area (Å²) in [6, 6.07) is 3.68. The van der Waals surface area contributed by atoms with Crippen molar-refractivity contribution in [3.8, 4) is 17.2 Å². The van der Waals surface area contributed by atoms with Gasteiger partial charge in [-0.2, -0.15) is 0 Å². The molecule has 2 aliphatic heterocycles. The number of benzene rings is 1. The number of thiazole rings is 1. The monoisotopic (exact) mass is 405 g/mol. The van der Waals surface area contributed by atoms with Crippen molar-refractivity contribution in [1.29, 1.82) is 0 Å². The lowest BCUT2D eigenvalue weighted by Gasteiger charge is -2.26. The van der Waals surface area contributed by atoms with Gasteiger partial charge in [-0.05, 0) is 6.07 Å². The van der Waals surface area contributed by atoms with E-state index in [9.17, 15) is 4.79 Å². The topological polar surface area (TPSA) is 82.2 Å². The summed E-state index contributed by atoms with van der Waals surface area (Å²) in [5, 5.41) is 3.82.